The number of hydrogen-bond acceptors (Lipinski definition) is 5. The van der Waals surface area contributed by atoms with Gasteiger partial charge in [-0.25, -0.2) is 4.98 Å². The summed E-state index contributed by atoms with van der Waals surface area (Å²) in [6.45, 7) is 6.08. The minimum absolute atomic E-state index is 0.171. The first kappa shape index (κ1) is 16.6. The van der Waals surface area contributed by atoms with Crippen molar-refractivity contribution in [3.05, 3.63) is 28.1 Å². The van der Waals surface area contributed by atoms with Crippen molar-refractivity contribution in [2.24, 2.45) is 0 Å². The lowest BCUT2D eigenvalue weighted by Gasteiger charge is -2.13. The van der Waals surface area contributed by atoms with Gasteiger partial charge in [0.2, 0.25) is 5.91 Å². The molecule has 0 aliphatic rings. The molecular formula is C15H19N3O2S2. The number of hydrogen-bond donors (Lipinski definition) is 2. The number of thiophene rings is 1. The van der Waals surface area contributed by atoms with Crippen molar-refractivity contribution in [3.8, 4) is 9.88 Å². The molecule has 2 aromatic rings. The molecule has 0 saturated heterocycles. The normalized spacial score (nSPS) is 12.0. The minimum atomic E-state index is -0.564. The molecule has 1 unspecified atom stereocenters. The summed E-state index contributed by atoms with van der Waals surface area (Å²) in [4.78, 5) is 30.2. The van der Waals surface area contributed by atoms with Crippen LogP contribution in [0, 0.1) is 6.92 Å². The van der Waals surface area contributed by atoms with Crippen molar-refractivity contribution in [1.82, 2.24) is 15.6 Å². The van der Waals surface area contributed by atoms with Crippen molar-refractivity contribution in [3.63, 3.8) is 0 Å². The van der Waals surface area contributed by atoms with Crippen LogP contribution < -0.4 is 10.6 Å². The van der Waals surface area contributed by atoms with Crippen molar-refractivity contribution in [2.75, 3.05) is 6.54 Å². The van der Waals surface area contributed by atoms with E-state index in [1.54, 1.807) is 18.3 Å². The van der Waals surface area contributed by atoms with E-state index in [0.29, 0.717) is 17.1 Å². The molecule has 0 aliphatic carbocycles. The van der Waals surface area contributed by atoms with E-state index in [4.69, 9.17) is 0 Å². The second kappa shape index (κ2) is 7.51. The Morgan fingerprint density at radius 3 is 2.82 bits per heavy atom. The number of amides is 2. The highest BCUT2D eigenvalue weighted by Crippen LogP contribution is 2.30. The average molecular weight is 337 g/mol. The highest BCUT2D eigenvalue weighted by Gasteiger charge is 2.20. The Balaban J connectivity index is 2.05. The van der Waals surface area contributed by atoms with Crippen LogP contribution in [0.15, 0.2) is 17.5 Å². The predicted molar refractivity (Wildman–Crippen MR) is 90.4 cm³/mol. The van der Waals surface area contributed by atoms with E-state index >= 15 is 0 Å². The maximum atomic E-state index is 12.3. The molecule has 0 bridgehead atoms. The molecule has 7 heteroatoms. The summed E-state index contributed by atoms with van der Waals surface area (Å²) in [6.07, 6.45) is 0.866. The Labute approximate surface area is 137 Å². The topological polar surface area (TPSA) is 71.1 Å². The van der Waals surface area contributed by atoms with E-state index in [2.05, 4.69) is 15.6 Å². The molecular weight excluding hydrogens is 318 g/mol. The van der Waals surface area contributed by atoms with Crippen molar-refractivity contribution < 1.29 is 9.59 Å². The fourth-order valence-corrected chi connectivity index (χ4v) is 3.61. The third kappa shape index (κ3) is 3.92. The lowest BCUT2D eigenvalue weighted by molar-refractivity contribution is -0.122. The van der Waals surface area contributed by atoms with Gasteiger partial charge in [-0.1, -0.05) is 13.0 Å². The molecule has 2 heterocycles. The summed E-state index contributed by atoms with van der Waals surface area (Å²) in [5.41, 5.74) is 0.687. The van der Waals surface area contributed by atoms with Gasteiger partial charge in [0.05, 0.1) is 10.6 Å². The number of aryl methyl sites for hydroxylation is 1. The molecule has 0 saturated carbocycles. The summed E-state index contributed by atoms with van der Waals surface area (Å²) in [5.74, 6) is -0.423. The molecule has 2 aromatic heterocycles. The van der Waals surface area contributed by atoms with Gasteiger partial charge in [-0.15, -0.1) is 22.7 Å². The van der Waals surface area contributed by atoms with Gasteiger partial charge in [0, 0.05) is 6.54 Å². The second-order valence-corrected chi connectivity index (χ2v) is 6.84. The summed E-state index contributed by atoms with van der Waals surface area (Å²) < 4.78 is 0. The Hall–Kier alpha value is -1.73. The SMILES string of the molecule is CCCNC(=O)C(C)NC(=O)c1sc(-c2cccs2)nc1C. The number of rotatable bonds is 6. The zero-order valence-electron chi connectivity index (χ0n) is 12.8. The number of thiazole rings is 1. The second-order valence-electron chi connectivity index (χ2n) is 4.90. The fourth-order valence-electron chi connectivity index (χ4n) is 1.84. The van der Waals surface area contributed by atoms with E-state index in [1.165, 1.54) is 11.3 Å². The molecule has 1 atom stereocenters. The van der Waals surface area contributed by atoms with Gasteiger partial charge in [0.1, 0.15) is 15.9 Å². The third-order valence-electron chi connectivity index (χ3n) is 3.02. The standard InChI is InChI=1S/C15H19N3O2S2/c1-4-7-16-13(19)10(3)17-14(20)12-9(2)18-15(22-12)11-6-5-8-21-11/h5-6,8,10H,4,7H2,1-3H3,(H,16,19)(H,17,20). The maximum absolute atomic E-state index is 12.3. The molecule has 118 valence electrons. The van der Waals surface area contributed by atoms with E-state index in [-0.39, 0.29) is 11.8 Å². The summed E-state index contributed by atoms with van der Waals surface area (Å²) in [7, 11) is 0. The molecule has 5 nitrogen and oxygen atoms in total. The van der Waals surface area contributed by atoms with Crippen molar-refractivity contribution >= 4 is 34.5 Å². The van der Waals surface area contributed by atoms with Gasteiger partial charge in [-0.2, -0.15) is 0 Å². The summed E-state index contributed by atoms with van der Waals surface area (Å²) in [5, 5.41) is 8.31. The van der Waals surface area contributed by atoms with Crippen LogP contribution >= 0.6 is 22.7 Å². The Bertz CT molecular complexity index is 650. The van der Waals surface area contributed by atoms with Gasteiger partial charge in [-0.3, -0.25) is 9.59 Å². The van der Waals surface area contributed by atoms with E-state index in [1.807, 2.05) is 31.4 Å². The molecule has 0 aromatic carbocycles. The first-order valence-corrected chi connectivity index (χ1v) is 8.82. The zero-order chi connectivity index (χ0) is 16.1. The molecule has 0 aliphatic heterocycles. The molecule has 0 radical (unpaired) electrons. The molecule has 2 rings (SSSR count). The summed E-state index contributed by atoms with van der Waals surface area (Å²) in [6, 6.07) is 3.37. The van der Waals surface area contributed by atoms with Crippen molar-refractivity contribution in [2.45, 2.75) is 33.2 Å². The average Bonchev–Trinajstić information content (AvgIpc) is 3.13. The first-order chi connectivity index (χ1) is 10.5. The molecule has 22 heavy (non-hydrogen) atoms. The number of carbonyl (C=O) groups excluding carboxylic acids is 2. The van der Waals surface area contributed by atoms with Crippen LogP contribution in [0.3, 0.4) is 0 Å². The Morgan fingerprint density at radius 1 is 1.41 bits per heavy atom. The van der Waals surface area contributed by atoms with Gasteiger partial charge >= 0.3 is 0 Å². The number of nitrogens with one attached hydrogen (secondary N) is 2. The van der Waals surface area contributed by atoms with Gasteiger partial charge in [0.15, 0.2) is 0 Å². The lowest BCUT2D eigenvalue weighted by Crippen LogP contribution is -2.44. The maximum Gasteiger partial charge on any atom is 0.263 e. The van der Waals surface area contributed by atoms with Gasteiger partial charge in [-0.05, 0) is 31.7 Å². The van der Waals surface area contributed by atoms with Crippen LogP contribution in [0.25, 0.3) is 9.88 Å². The van der Waals surface area contributed by atoms with E-state index in [9.17, 15) is 9.59 Å². The van der Waals surface area contributed by atoms with Crippen molar-refractivity contribution in [1.29, 1.82) is 0 Å². The van der Waals surface area contributed by atoms with E-state index in [0.717, 1.165) is 16.3 Å². The predicted octanol–water partition coefficient (Wildman–Crippen LogP) is 2.82. The Kier molecular flexibility index (Phi) is 5.68. The highest BCUT2D eigenvalue weighted by atomic mass is 32.1. The Morgan fingerprint density at radius 2 is 2.18 bits per heavy atom. The zero-order valence-corrected chi connectivity index (χ0v) is 14.4. The van der Waals surface area contributed by atoms with Crippen LogP contribution in [0.2, 0.25) is 0 Å². The van der Waals surface area contributed by atoms with E-state index < -0.39 is 6.04 Å². The van der Waals surface area contributed by atoms with Crippen LogP contribution in [0.5, 0.6) is 0 Å². The van der Waals surface area contributed by atoms with Gasteiger partial charge in [0.25, 0.3) is 5.91 Å². The number of carbonyl (C=O) groups is 2. The fraction of sp³-hybridized carbons (Fsp3) is 0.400. The molecule has 0 fully saturated rings. The van der Waals surface area contributed by atoms with Crippen LogP contribution in [-0.2, 0) is 4.79 Å². The van der Waals surface area contributed by atoms with Crippen LogP contribution in [0.4, 0.5) is 0 Å². The third-order valence-corrected chi connectivity index (χ3v) is 5.22. The van der Waals surface area contributed by atoms with Crippen LogP contribution in [0.1, 0.15) is 35.6 Å². The lowest BCUT2D eigenvalue weighted by atomic mass is 10.3. The molecule has 2 amide bonds. The van der Waals surface area contributed by atoms with Crippen LogP contribution in [-0.4, -0.2) is 29.4 Å². The minimum Gasteiger partial charge on any atom is -0.354 e. The highest BCUT2D eigenvalue weighted by molar-refractivity contribution is 7.22. The molecule has 2 N–H and O–H groups in total. The monoisotopic (exact) mass is 337 g/mol. The first-order valence-electron chi connectivity index (χ1n) is 7.12. The smallest absolute Gasteiger partial charge is 0.263 e. The number of aromatic nitrogens is 1. The number of nitrogens with zero attached hydrogens (tertiary/aromatic N) is 1. The summed E-state index contributed by atoms with van der Waals surface area (Å²) >= 11 is 2.94. The van der Waals surface area contributed by atoms with Gasteiger partial charge < -0.3 is 10.6 Å². The quantitative estimate of drug-likeness (QED) is 0.851. The molecule has 0 spiro atoms. The largest absolute Gasteiger partial charge is 0.354 e.